The first-order valence-corrected chi connectivity index (χ1v) is 9.87. The van der Waals surface area contributed by atoms with Gasteiger partial charge in [0, 0.05) is 41.4 Å². The van der Waals surface area contributed by atoms with Gasteiger partial charge in [0.25, 0.3) is 0 Å². The van der Waals surface area contributed by atoms with Crippen molar-refractivity contribution in [2.45, 2.75) is 6.92 Å². The molecule has 0 spiro atoms. The molecule has 28 heavy (non-hydrogen) atoms. The monoisotopic (exact) mass is 395 g/mol. The van der Waals surface area contributed by atoms with Crippen LogP contribution in [-0.2, 0) is 4.74 Å². The summed E-state index contributed by atoms with van der Waals surface area (Å²) in [6, 6.07) is 7.19. The summed E-state index contributed by atoms with van der Waals surface area (Å²) in [6.45, 7) is 8.32. The second-order valence-corrected chi connectivity index (χ2v) is 7.63. The molecule has 3 aromatic rings. The predicted octanol–water partition coefficient (Wildman–Crippen LogP) is 3.35. The van der Waals surface area contributed by atoms with Gasteiger partial charge >= 0.3 is 0 Å². The van der Waals surface area contributed by atoms with Crippen LogP contribution < -0.4 is 16.1 Å². The Hall–Kier alpha value is -2.90. The average molecular weight is 395 g/mol. The maximum absolute atomic E-state index is 12.6. The molecule has 6 nitrogen and oxygen atoms in total. The number of thiophene rings is 1. The van der Waals surface area contributed by atoms with Crippen molar-refractivity contribution >= 4 is 38.9 Å². The summed E-state index contributed by atoms with van der Waals surface area (Å²) in [5, 5.41) is 10.6. The summed E-state index contributed by atoms with van der Waals surface area (Å²) in [7, 11) is 0. The zero-order valence-electron chi connectivity index (χ0n) is 15.6. The van der Waals surface area contributed by atoms with Gasteiger partial charge in [0.15, 0.2) is 11.5 Å². The lowest BCUT2D eigenvalue weighted by atomic mass is 9.94. The molecule has 1 aliphatic rings. The van der Waals surface area contributed by atoms with Gasteiger partial charge in [-0.25, -0.2) is 0 Å². The Morgan fingerprint density at radius 1 is 1.29 bits per heavy atom. The number of anilines is 1. The highest BCUT2D eigenvalue weighted by molar-refractivity contribution is 7.17. The second-order valence-electron chi connectivity index (χ2n) is 6.75. The molecule has 4 rings (SSSR count). The topological polar surface area (TPSA) is 92.5 Å². The Kier molecular flexibility index (Phi) is 4.78. The van der Waals surface area contributed by atoms with E-state index in [0.29, 0.717) is 59.3 Å². The fourth-order valence-electron chi connectivity index (χ4n) is 3.49. The van der Waals surface area contributed by atoms with E-state index >= 15 is 0 Å². The number of nitrogens with two attached hydrogens (primary N) is 1. The van der Waals surface area contributed by atoms with Crippen LogP contribution in [0.25, 0.3) is 16.0 Å². The standard InChI is InChI=1S/C21H21N3O3S/c1-12-4-3-5-14(18(12)13(2)22)19(23)15-11-28-21-16(25)10-17(27-20(15)21)24-6-8-26-9-7-24/h3-5,10-11,23H,2,6-9,22H2,1H3. The van der Waals surface area contributed by atoms with E-state index in [9.17, 15) is 4.79 Å². The minimum atomic E-state index is -0.0977. The fourth-order valence-corrected chi connectivity index (χ4v) is 4.38. The van der Waals surface area contributed by atoms with Crippen molar-refractivity contribution in [1.82, 2.24) is 0 Å². The molecule has 7 heteroatoms. The number of hydrogen-bond acceptors (Lipinski definition) is 7. The third-order valence-electron chi connectivity index (χ3n) is 4.89. The van der Waals surface area contributed by atoms with Gasteiger partial charge in [0.05, 0.1) is 24.5 Å². The quantitative estimate of drug-likeness (QED) is 0.661. The smallest absolute Gasteiger partial charge is 0.204 e. The summed E-state index contributed by atoms with van der Waals surface area (Å²) in [5.74, 6) is 0.515. The van der Waals surface area contributed by atoms with Crippen LogP contribution in [0.15, 0.2) is 45.4 Å². The van der Waals surface area contributed by atoms with Crippen LogP contribution >= 0.6 is 11.3 Å². The summed E-state index contributed by atoms with van der Waals surface area (Å²) in [4.78, 5) is 14.6. The molecule has 3 heterocycles. The second kappa shape index (κ2) is 7.26. The van der Waals surface area contributed by atoms with Gasteiger partial charge in [-0.15, -0.1) is 11.3 Å². The first-order chi connectivity index (χ1) is 13.5. The number of benzene rings is 1. The maximum atomic E-state index is 12.6. The van der Waals surface area contributed by atoms with Crippen LogP contribution in [0.2, 0.25) is 0 Å². The molecule has 1 fully saturated rings. The molecule has 0 radical (unpaired) electrons. The molecule has 144 valence electrons. The van der Waals surface area contributed by atoms with Crippen molar-refractivity contribution < 1.29 is 9.15 Å². The minimum Gasteiger partial charge on any atom is -0.439 e. The third-order valence-corrected chi connectivity index (χ3v) is 5.86. The Balaban J connectivity index is 1.85. The number of morpholine rings is 1. The lowest BCUT2D eigenvalue weighted by Crippen LogP contribution is -2.36. The highest BCUT2D eigenvalue weighted by Gasteiger charge is 2.21. The third kappa shape index (κ3) is 3.12. The van der Waals surface area contributed by atoms with E-state index < -0.39 is 0 Å². The number of aryl methyl sites for hydroxylation is 1. The summed E-state index contributed by atoms with van der Waals surface area (Å²) in [6.07, 6.45) is 0. The molecule has 0 atom stereocenters. The van der Waals surface area contributed by atoms with Gasteiger partial charge in [-0.2, -0.15) is 0 Å². The molecule has 0 bridgehead atoms. The number of hydrogen-bond donors (Lipinski definition) is 2. The Morgan fingerprint density at radius 3 is 2.75 bits per heavy atom. The molecule has 1 saturated heterocycles. The molecule has 1 aromatic carbocycles. The Labute approximate surface area is 166 Å². The van der Waals surface area contributed by atoms with E-state index in [1.54, 1.807) is 5.38 Å². The van der Waals surface area contributed by atoms with Crippen molar-refractivity contribution in [1.29, 1.82) is 5.41 Å². The van der Waals surface area contributed by atoms with Crippen molar-refractivity contribution in [2.75, 3.05) is 31.2 Å². The van der Waals surface area contributed by atoms with E-state index in [-0.39, 0.29) is 11.1 Å². The molecule has 3 N–H and O–H groups in total. The van der Waals surface area contributed by atoms with Gasteiger partial charge in [0.2, 0.25) is 5.43 Å². The zero-order valence-corrected chi connectivity index (χ0v) is 16.4. The number of rotatable bonds is 4. The fraction of sp³-hybridized carbons (Fsp3) is 0.238. The molecule has 0 aliphatic carbocycles. The van der Waals surface area contributed by atoms with Crippen LogP contribution in [0.4, 0.5) is 5.88 Å². The van der Waals surface area contributed by atoms with Gasteiger partial charge in [0.1, 0.15) is 4.70 Å². The number of nitrogens with zero attached hydrogens (tertiary/aromatic N) is 1. The van der Waals surface area contributed by atoms with Gasteiger partial charge in [-0.05, 0) is 12.5 Å². The number of ether oxygens (including phenoxy) is 1. The molecule has 0 saturated carbocycles. The van der Waals surface area contributed by atoms with E-state index in [0.717, 1.165) is 11.1 Å². The summed E-state index contributed by atoms with van der Waals surface area (Å²) < 4.78 is 12.0. The van der Waals surface area contributed by atoms with Crippen molar-refractivity contribution in [2.24, 2.45) is 5.73 Å². The normalized spacial score (nSPS) is 14.4. The zero-order chi connectivity index (χ0) is 19.8. The van der Waals surface area contributed by atoms with Crippen molar-refractivity contribution in [3.8, 4) is 0 Å². The van der Waals surface area contributed by atoms with Crippen LogP contribution in [0.5, 0.6) is 0 Å². The molecule has 0 unspecified atom stereocenters. The van der Waals surface area contributed by atoms with E-state index in [1.165, 1.54) is 17.4 Å². The molecule has 1 aliphatic heterocycles. The number of nitrogens with one attached hydrogen (secondary N) is 1. The van der Waals surface area contributed by atoms with Gasteiger partial charge < -0.3 is 19.8 Å². The predicted molar refractivity (Wildman–Crippen MR) is 114 cm³/mol. The van der Waals surface area contributed by atoms with Gasteiger partial charge in [-0.1, -0.05) is 24.8 Å². The highest BCUT2D eigenvalue weighted by Crippen LogP contribution is 2.31. The van der Waals surface area contributed by atoms with Crippen LogP contribution in [0.1, 0.15) is 22.3 Å². The Bertz CT molecular complexity index is 1140. The van der Waals surface area contributed by atoms with Crippen molar-refractivity contribution in [3.63, 3.8) is 0 Å². The maximum Gasteiger partial charge on any atom is 0.204 e. The SMILES string of the molecule is C=C(N)c1c(C)cccc1C(=N)c1csc2c(=O)cc(N3CCOCC3)oc12. The van der Waals surface area contributed by atoms with E-state index in [4.69, 9.17) is 20.3 Å². The molecule has 2 aromatic heterocycles. The molecular weight excluding hydrogens is 374 g/mol. The van der Waals surface area contributed by atoms with Crippen LogP contribution in [-0.4, -0.2) is 32.0 Å². The van der Waals surface area contributed by atoms with E-state index in [1.807, 2.05) is 30.0 Å². The highest BCUT2D eigenvalue weighted by atomic mass is 32.1. The van der Waals surface area contributed by atoms with Crippen LogP contribution in [0.3, 0.4) is 0 Å². The first-order valence-electron chi connectivity index (χ1n) is 8.99. The molecular formula is C21H21N3O3S. The number of fused-ring (bicyclic) bond motifs is 1. The summed E-state index contributed by atoms with van der Waals surface area (Å²) in [5.41, 5.74) is 9.96. The average Bonchev–Trinajstić information content (AvgIpc) is 3.12. The van der Waals surface area contributed by atoms with Crippen molar-refractivity contribution in [3.05, 3.63) is 68.7 Å². The lowest BCUT2D eigenvalue weighted by Gasteiger charge is -2.27. The minimum absolute atomic E-state index is 0.0977. The van der Waals surface area contributed by atoms with Crippen LogP contribution in [0, 0.1) is 12.3 Å². The van der Waals surface area contributed by atoms with Gasteiger partial charge in [-0.3, -0.25) is 10.2 Å². The lowest BCUT2D eigenvalue weighted by molar-refractivity contribution is 0.121. The first kappa shape index (κ1) is 18.5. The summed E-state index contributed by atoms with van der Waals surface area (Å²) >= 11 is 1.29. The molecule has 0 amide bonds. The largest absolute Gasteiger partial charge is 0.439 e. The Morgan fingerprint density at radius 2 is 2.04 bits per heavy atom. The van der Waals surface area contributed by atoms with E-state index in [2.05, 4.69) is 6.58 Å².